The van der Waals surface area contributed by atoms with Gasteiger partial charge < -0.3 is 10.2 Å². The summed E-state index contributed by atoms with van der Waals surface area (Å²) in [7, 11) is 0. The topological polar surface area (TPSA) is 49.4 Å². The third-order valence-corrected chi connectivity index (χ3v) is 4.94. The molecule has 3 rings (SSSR count). The van der Waals surface area contributed by atoms with E-state index in [4.69, 9.17) is 11.6 Å². The van der Waals surface area contributed by atoms with Gasteiger partial charge in [-0.05, 0) is 47.7 Å². The fourth-order valence-electron chi connectivity index (χ4n) is 2.43. The molecule has 2 heterocycles. The zero-order chi connectivity index (χ0) is 15.5. The zero-order valence-corrected chi connectivity index (χ0v) is 13.4. The number of thiophene rings is 1. The van der Waals surface area contributed by atoms with Gasteiger partial charge in [0.2, 0.25) is 5.91 Å². The van der Waals surface area contributed by atoms with Crippen LogP contribution in [0.25, 0.3) is 0 Å². The van der Waals surface area contributed by atoms with E-state index in [1.54, 1.807) is 40.5 Å². The summed E-state index contributed by atoms with van der Waals surface area (Å²) in [4.78, 5) is 27.3. The Hall–Kier alpha value is -1.85. The Balaban J connectivity index is 1.54. The molecule has 1 aromatic heterocycles. The second-order valence-corrected chi connectivity index (χ2v) is 6.56. The standard InChI is InChI=1S/C16H15ClN2O2S/c17-13-3-1-11(2-4-13)16(21)18-9-15(20)19-7-5-14-12(10-19)6-8-22-14/h1-4,6,8H,5,7,9-10H2,(H,18,21). The Morgan fingerprint density at radius 1 is 1.23 bits per heavy atom. The fraction of sp³-hybridized carbons (Fsp3) is 0.250. The number of carbonyl (C=O) groups excluding carboxylic acids is 2. The fourth-order valence-corrected chi connectivity index (χ4v) is 3.45. The Morgan fingerprint density at radius 2 is 2.00 bits per heavy atom. The summed E-state index contributed by atoms with van der Waals surface area (Å²) in [5.41, 5.74) is 1.71. The maximum absolute atomic E-state index is 12.2. The first kappa shape index (κ1) is 15.1. The number of fused-ring (bicyclic) bond motifs is 1. The lowest BCUT2D eigenvalue weighted by Gasteiger charge is -2.27. The Kier molecular flexibility index (Phi) is 4.45. The third-order valence-electron chi connectivity index (χ3n) is 3.67. The van der Waals surface area contributed by atoms with Gasteiger partial charge in [0.1, 0.15) is 0 Å². The van der Waals surface area contributed by atoms with Gasteiger partial charge in [-0.25, -0.2) is 0 Å². The number of nitrogens with zero attached hydrogens (tertiary/aromatic N) is 1. The van der Waals surface area contributed by atoms with E-state index in [2.05, 4.69) is 16.8 Å². The molecule has 2 aromatic rings. The van der Waals surface area contributed by atoms with Crippen LogP contribution in [-0.4, -0.2) is 29.8 Å². The number of hydrogen-bond donors (Lipinski definition) is 1. The lowest BCUT2D eigenvalue weighted by Crippen LogP contribution is -2.42. The molecule has 0 bridgehead atoms. The summed E-state index contributed by atoms with van der Waals surface area (Å²) in [5, 5.41) is 5.30. The van der Waals surface area contributed by atoms with Crippen molar-refractivity contribution in [3.05, 3.63) is 56.7 Å². The largest absolute Gasteiger partial charge is 0.343 e. The zero-order valence-electron chi connectivity index (χ0n) is 11.8. The second-order valence-electron chi connectivity index (χ2n) is 5.12. The van der Waals surface area contributed by atoms with Crippen LogP contribution in [0.1, 0.15) is 20.8 Å². The molecule has 0 spiro atoms. The molecule has 0 radical (unpaired) electrons. The molecule has 0 saturated carbocycles. The maximum atomic E-state index is 12.2. The van der Waals surface area contributed by atoms with Gasteiger partial charge in [0.25, 0.3) is 5.91 Å². The Labute approximate surface area is 137 Å². The van der Waals surface area contributed by atoms with Crippen molar-refractivity contribution in [2.45, 2.75) is 13.0 Å². The van der Waals surface area contributed by atoms with E-state index in [-0.39, 0.29) is 18.4 Å². The van der Waals surface area contributed by atoms with Crippen LogP contribution in [0.2, 0.25) is 5.02 Å². The molecule has 0 unspecified atom stereocenters. The van der Waals surface area contributed by atoms with Gasteiger partial charge in [0.05, 0.1) is 6.54 Å². The van der Waals surface area contributed by atoms with Gasteiger partial charge in [-0.3, -0.25) is 9.59 Å². The Bertz CT molecular complexity index is 696. The first-order valence-corrected chi connectivity index (χ1v) is 8.26. The molecule has 0 saturated heterocycles. The van der Waals surface area contributed by atoms with Crippen molar-refractivity contribution in [1.82, 2.24) is 10.2 Å². The van der Waals surface area contributed by atoms with E-state index < -0.39 is 0 Å². The summed E-state index contributed by atoms with van der Waals surface area (Å²) < 4.78 is 0. The van der Waals surface area contributed by atoms with Crippen LogP contribution in [0, 0.1) is 0 Å². The molecule has 2 amide bonds. The number of carbonyl (C=O) groups is 2. The summed E-state index contributed by atoms with van der Waals surface area (Å²) >= 11 is 7.52. The van der Waals surface area contributed by atoms with Crippen LogP contribution in [0.4, 0.5) is 0 Å². The molecule has 22 heavy (non-hydrogen) atoms. The molecule has 1 aliphatic rings. The minimum Gasteiger partial charge on any atom is -0.343 e. The maximum Gasteiger partial charge on any atom is 0.251 e. The SMILES string of the molecule is O=C(NCC(=O)N1CCc2sccc2C1)c1ccc(Cl)cc1. The first-order chi connectivity index (χ1) is 10.6. The Morgan fingerprint density at radius 3 is 2.77 bits per heavy atom. The molecule has 6 heteroatoms. The van der Waals surface area contributed by atoms with Crippen LogP contribution < -0.4 is 5.32 Å². The minimum absolute atomic E-state index is 0.0148. The number of benzene rings is 1. The molecule has 4 nitrogen and oxygen atoms in total. The molecule has 0 atom stereocenters. The molecular formula is C16H15ClN2O2S. The molecule has 1 aromatic carbocycles. The van der Waals surface area contributed by atoms with E-state index >= 15 is 0 Å². The smallest absolute Gasteiger partial charge is 0.251 e. The van der Waals surface area contributed by atoms with Crippen LogP contribution in [0.15, 0.2) is 35.7 Å². The normalized spacial score (nSPS) is 13.6. The van der Waals surface area contributed by atoms with Crippen molar-refractivity contribution in [2.75, 3.05) is 13.1 Å². The summed E-state index contributed by atoms with van der Waals surface area (Å²) in [6.45, 7) is 1.36. The van der Waals surface area contributed by atoms with Crippen LogP contribution in [-0.2, 0) is 17.8 Å². The second kappa shape index (κ2) is 6.50. The first-order valence-electron chi connectivity index (χ1n) is 7.00. The summed E-state index contributed by atoms with van der Waals surface area (Å²) in [6.07, 6.45) is 0.893. The average molecular weight is 335 g/mol. The van der Waals surface area contributed by atoms with Crippen molar-refractivity contribution in [1.29, 1.82) is 0 Å². The van der Waals surface area contributed by atoms with Gasteiger partial charge in [0.15, 0.2) is 0 Å². The number of hydrogen-bond acceptors (Lipinski definition) is 3. The molecule has 1 aliphatic heterocycles. The highest BCUT2D eigenvalue weighted by Gasteiger charge is 2.21. The van der Waals surface area contributed by atoms with Gasteiger partial charge in [-0.1, -0.05) is 11.6 Å². The van der Waals surface area contributed by atoms with Crippen molar-refractivity contribution in [2.24, 2.45) is 0 Å². The van der Waals surface area contributed by atoms with Crippen LogP contribution in [0.5, 0.6) is 0 Å². The molecular weight excluding hydrogens is 320 g/mol. The van der Waals surface area contributed by atoms with E-state index in [9.17, 15) is 9.59 Å². The molecule has 1 N–H and O–H groups in total. The third kappa shape index (κ3) is 3.31. The quantitative estimate of drug-likeness (QED) is 0.938. The van der Waals surface area contributed by atoms with Gasteiger partial charge in [-0.2, -0.15) is 0 Å². The number of halogens is 1. The van der Waals surface area contributed by atoms with Crippen molar-refractivity contribution >= 4 is 34.8 Å². The molecule has 114 valence electrons. The minimum atomic E-state index is -0.266. The lowest BCUT2D eigenvalue weighted by atomic mass is 10.1. The highest BCUT2D eigenvalue weighted by molar-refractivity contribution is 7.10. The number of rotatable bonds is 3. The van der Waals surface area contributed by atoms with Crippen molar-refractivity contribution in [3.63, 3.8) is 0 Å². The average Bonchev–Trinajstić information content (AvgIpc) is 3.00. The number of amides is 2. The molecule has 0 fully saturated rings. The highest BCUT2D eigenvalue weighted by atomic mass is 35.5. The molecule has 0 aliphatic carbocycles. The van der Waals surface area contributed by atoms with Crippen LogP contribution >= 0.6 is 22.9 Å². The van der Waals surface area contributed by atoms with E-state index in [0.29, 0.717) is 23.7 Å². The van der Waals surface area contributed by atoms with E-state index in [0.717, 1.165) is 6.42 Å². The highest BCUT2D eigenvalue weighted by Crippen LogP contribution is 2.23. The van der Waals surface area contributed by atoms with Crippen LogP contribution in [0.3, 0.4) is 0 Å². The monoisotopic (exact) mass is 334 g/mol. The summed E-state index contributed by atoms with van der Waals surface area (Å²) in [5.74, 6) is -0.322. The van der Waals surface area contributed by atoms with Crippen molar-refractivity contribution < 1.29 is 9.59 Å². The predicted octanol–water partition coefficient (Wildman–Crippen LogP) is 2.72. The predicted molar refractivity (Wildman–Crippen MR) is 87.2 cm³/mol. The van der Waals surface area contributed by atoms with Crippen molar-refractivity contribution in [3.8, 4) is 0 Å². The van der Waals surface area contributed by atoms with E-state index in [1.165, 1.54) is 10.4 Å². The summed E-state index contributed by atoms with van der Waals surface area (Å²) in [6, 6.07) is 8.65. The van der Waals surface area contributed by atoms with E-state index in [1.807, 2.05) is 0 Å². The van der Waals surface area contributed by atoms with Gasteiger partial charge in [0, 0.05) is 28.6 Å². The van der Waals surface area contributed by atoms with Gasteiger partial charge in [-0.15, -0.1) is 11.3 Å². The van der Waals surface area contributed by atoms with Gasteiger partial charge >= 0.3 is 0 Å². The number of nitrogens with one attached hydrogen (secondary N) is 1. The lowest BCUT2D eigenvalue weighted by molar-refractivity contribution is -0.131.